The highest BCUT2D eigenvalue weighted by atomic mass is 15.4. The normalized spacial score (nSPS) is 10.0. The number of hydrogen-bond acceptors (Lipinski definition) is 6. The summed E-state index contributed by atoms with van der Waals surface area (Å²) in [5, 5.41) is 12.8. The van der Waals surface area contributed by atoms with Crippen LogP contribution in [0.25, 0.3) is 5.82 Å². The van der Waals surface area contributed by atoms with Crippen molar-refractivity contribution in [1.82, 2.24) is 19.7 Å². The van der Waals surface area contributed by atoms with Crippen molar-refractivity contribution in [2.75, 3.05) is 11.5 Å². The Balaban J connectivity index is 2.62. The van der Waals surface area contributed by atoms with Crippen LogP contribution < -0.4 is 11.5 Å². The number of nitrogen functional groups attached to an aromatic ring is 2. The van der Waals surface area contributed by atoms with Crippen LogP contribution in [0.4, 0.5) is 11.6 Å². The number of nitriles is 1. The molecule has 0 spiro atoms. The molecule has 4 N–H and O–H groups in total. The van der Waals surface area contributed by atoms with Gasteiger partial charge in [0.2, 0.25) is 0 Å². The molecule has 0 aromatic carbocycles. The molecule has 2 heterocycles. The lowest BCUT2D eigenvalue weighted by molar-refractivity contribution is 0.848. The van der Waals surface area contributed by atoms with Gasteiger partial charge in [0.1, 0.15) is 23.8 Å². The van der Waals surface area contributed by atoms with Gasteiger partial charge in [0.15, 0.2) is 11.6 Å². The molecule has 0 saturated heterocycles. The van der Waals surface area contributed by atoms with E-state index in [1.54, 1.807) is 6.07 Å². The number of rotatable bonds is 1. The number of anilines is 2. The molecule has 80 valence electrons. The molecule has 0 aliphatic heterocycles. The maximum atomic E-state index is 8.82. The van der Waals surface area contributed by atoms with Crippen molar-refractivity contribution in [2.45, 2.75) is 6.92 Å². The van der Waals surface area contributed by atoms with Crippen LogP contribution in [0.2, 0.25) is 0 Å². The quantitative estimate of drug-likeness (QED) is 0.691. The second-order valence-electron chi connectivity index (χ2n) is 3.19. The Labute approximate surface area is 91.3 Å². The van der Waals surface area contributed by atoms with Crippen LogP contribution in [-0.4, -0.2) is 19.7 Å². The highest BCUT2D eigenvalue weighted by Gasteiger charge is 2.14. The van der Waals surface area contributed by atoms with Crippen LogP contribution in [-0.2, 0) is 0 Å². The van der Waals surface area contributed by atoms with Gasteiger partial charge in [0.25, 0.3) is 0 Å². The summed E-state index contributed by atoms with van der Waals surface area (Å²) < 4.78 is 1.32. The van der Waals surface area contributed by atoms with Crippen LogP contribution in [0.15, 0.2) is 12.4 Å². The number of nitrogens with two attached hydrogens (primary N) is 2. The predicted molar refractivity (Wildman–Crippen MR) is 57.4 cm³/mol. The zero-order valence-corrected chi connectivity index (χ0v) is 8.55. The molecule has 0 aliphatic carbocycles. The van der Waals surface area contributed by atoms with Crippen LogP contribution >= 0.6 is 0 Å². The first-order chi connectivity index (χ1) is 7.63. The van der Waals surface area contributed by atoms with Gasteiger partial charge in [0.05, 0.1) is 0 Å². The lowest BCUT2D eigenvalue weighted by Gasteiger charge is -2.02. The van der Waals surface area contributed by atoms with E-state index in [0.717, 1.165) is 5.69 Å². The first kappa shape index (κ1) is 9.92. The van der Waals surface area contributed by atoms with Gasteiger partial charge in [0, 0.05) is 11.8 Å². The van der Waals surface area contributed by atoms with E-state index in [4.69, 9.17) is 16.7 Å². The second-order valence-corrected chi connectivity index (χ2v) is 3.19. The molecule has 0 saturated carbocycles. The Morgan fingerprint density at radius 2 is 2.12 bits per heavy atom. The van der Waals surface area contributed by atoms with Crippen molar-refractivity contribution in [1.29, 1.82) is 5.26 Å². The summed E-state index contributed by atoms with van der Waals surface area (Å²) in [6.45, 7) is 1.82. The summed E-state index contributed by atoms with van der Waals surface area (Å²) >= 11 is 0. The Morgan fingerprint density at radius 3 is 2.69 bits per heavy atom. The van der Waals surface area contributed by atoms with E-state index in [1.807, 2.05) is 13.0 Å². The average Bonchev–Trinajstić information content (AvgIpc) is 2.54. The van der Waals surface area contributed by atoms with Gasteiger partial charge < -0.3 is 11.5 Å². The third-order valence-electron chi connectivity index (χ3n) is 2.07. The number of aryl methyl sites for hydroxylation is 1. The highest BCUT2D eigenvalue weighted by molar-refractivity contribution is 5.63. The average molecular weight is 215 g/mol. The van der Waals surface area contributed by atoms with Gasteiger partial charge >= 0.3 is 0 Å². The summed E-state index contributed by atoms with van der Waals surface area (Å²) in [6, 6.07) is 3.59. The molecule has 0 radical (unpaired) electrons. The molecule has 0 atom stereocenters. The number of hydrogen-bond donors (Lipinski definition) is 2. The van der Waals surface area contributed by atoms with Crippen molar-refractivity contribution < 1.29 is 0 Å². The van der Waals surface area contributed by atoms with Crippen molar-refractivity contribution in [3.63, 3.8) is 0 Å². The summed E-state index contributed by atoms with van der Waals surface area (Å²) in [5.74, 6) is 0.757. The van der Waals surface area contributed by atoms with Crippen LogP contribution in [0.3, 0.4) is 0 Å². The molecular weight excluding hydrogens is 206 g/mol. The Bertz CT molecular complexity index is 578. The van der Waals surface area contributed by atoms with Crippen molar-refractivity contribution in [3.8, 4) is 11.9 Å². The van der Waals surface area contributed by atoms with E-state index in [2.05, 4.69) is 15.1 Å². The lowest BCUT2D eigenvalue weighted by atomic mass is 10.3. The molecule has 2 aromatic rings. The second kappa shape index (κ2) is 3.51. The monoisotopic (exact) mass is 215 g/mol. The smallest absolute Gasteiger partial charge is 0.166 e. The molecule has 0 unspecified atom stereocenters. The fourth-order valence-electron chi connectivity index (χ4n) is 1.29. The zero-order chi connectivity index (χ0) is 11.7. The first-order valence-corrected chi connectivity index (χ1v) is 4.46. The SMILES string of the molecule is Cc1cc(-n2nc(N)c(C#N)c2N)ncn1. The molecule has 2 rings (SSSR count). The van der Waals surface area contributed by atoms with Gasteiger partial charge in [-0.2, -0.15) is 9.94 Å². The van der Waals surface area contributed by atoms with Crippen LogP contribution in [0.5, 0.6) is 0 Å². The van der Waals surface area contributed by atoms with Gasteiger partial charge in [-0.25, -0.2) is 9.97 Å². The zero-order valence-electron chi connectivity index (χ0n) is 8.55. The summed E-state index contributed by atoms with van der Waals surface area (Å²) in [4.78, 5) is 7.96. The molecule has 16 heavy (non-hydrogen) atoms. The van der Waals surface area contributed by atoms with E-state index in [-0.39, 0.29) is 17.2 Å². The van der Waals surface area contributed by atoms with Gasteiger partial charge in [-0.1, -0.05) is 0 Å². The first-order valence-electron chi connectivity index (χ1n) is 4.46. The molecule has 7 heteroatoms. The van der Waals surface area contributed by atoms with E-state index in [0.29, 0.717) is 5.82 Å². The van der Waals surface area contributed by atoms with Gasteiger partial charge in [-0.05, 0) is 6.92 Å². The lowest BCUT2D eigenvalue weighted by Crippen LogP contribution is -2.05. The third-order valence-corrected chi connectivity index (χ3v) is 2.07. The van der Waals surface area contributed by atoms with Gasteiger partial charge in [-0.15, -0.1) is 5.10 Å². The van der Waals surface area contributed by atoms with Crippen molar-refractivity contribution in [3.05, 3.63) is 23.7 Å². The van der Waals surface area contributed by atoms with E-state index >= 15 is 0 Å². The molecule has 0 amide bonds. The third kappa shape index (κ3) is 1.42. The van der Waals surface area contributed by atoms with Gasteiger partial charge in [-0.3, -0.25) is 0 Å². The summed E-state index contributed by atoms with van der Waals surface area (Å²) in [5.41, 5.74) is 12.2. The molecule has 7 nitrogen and oxygen atoms in total. The minimum absolute atomic E-state index is 0.0938. The fourth-order valence-corrected chi connectivity index (χ4v) is 1.29. The molecule has 0 fully saturated rings. The van der Waals surface area contributed by atoms with E-state index < -0.39 is 0 Å². The minimum Gasteiger partial charge on any atom is -0.382 e. The number of aromatic nitrogens is 4. The highest BCUT2D eigenvalue weighted by Crippen LogP contribution is 2.20. The summed E-state index contributed by atoms with van der Waals surface area (Å²) in [6.07, 6.45) is 1.40. The van der Waals surface area contributed by atoms with E-state index in [9.17, 15) is 0 Å². The van der Waals surface area contributed by atoms with E-state index in [1.165, 1.54) is 11.0 Å². The maximum Gasteiger partial charge on any atom is 0.166 e. The summed E-state index contributed by atoms with van der Waals surface area (Å²) in [7, 11) is 0. The molecular formula is C9H9N7. The largest absolute Gasteiger partial charge is 0.382 e. The Morgan fingerprint density at radius 1 is 1.38 bits per heavy atom. The molecule has 0 bridgehead atoms. The topological polar surface area (TPSA) is 119 Å². The van der Waals surface area contributed by atoms with Crippen molar-refractivity contribution >= 4 is 11.6 Å². The molecule has 2 aromatic heterocycles. The minimum atomic E-state index is 0.0938. The maximum absolute atomic E-state index is 8.82. The fraction of sp³-hybridized carbons (Fsp3) is 0.111. The predicted octanol–water partition coefficient (Wildman–Crippen LogP) is 0.00680. The Hall–Kier alpha value is -2.62. The Kier molecular flexibility index (Phi) is 2.17. The van der Waals surface area contributed by atoms with Crippen LogP contribution in [0, 0.1) is 18.3 Å². The van der Waals surface area contributed by atoms with Crippen LogP contribution in [0.1, 0.15) is 11.3 Å². The number of nitrogens with zero attached hydrogens (tertiary/aromatic N) is 5. The standard InChI is InChI=1S/C9H9N7/c1-5-2-7(14-4-13-5)16-9(12)6(3-10)8(11)15-16/h2,4H,12H2,1H3,(H2,11,15). The van der Waals surface area contributed by atoms with Crippen molar-refractivity contribution in [2.24, 2.45) is 0 Å². The molecule has 0 aliphatic rings.